The molecule has 0 unspecified atom stereocenters. The molecule has 4 nitrogen and oxygen atoms in total. The fraction of sp³-hybridized carbons (Fsp3) is 0.467. The van der Waals surface area contributed by atoms with Gasteiger partial charge in [0.05, 0.1) is 5.54 Å². The minimum atomic E-state index is -0.525. The lowest BCUT2D eigenvalue weighted by molar-refractivity contribution is -0.140. The molecule has 108 valence electrons. The van der Waals surface area contributed by atoms with Crippen LogP contribution in [0.15, 0.2) is 24.3 Å². The van der Waals surface area contributed by atoms with Crippen molar-refractivity contribution < 1.29 is 14.0 Å². The van der Waals surface area contributed by atoms with Crippen molar-refractivity contribution in [3.8, 4) is 0 Å². The predicted molar refractivity (Wildman–Crippen MR) is 73.2 cm³/mol. The van der Waals surface area contributed by atoms with Crippen LogP contribution in [-0.4, -0.2) is 22.4 Å². The van der Waals surface area contributed by atoms with Crippen LogP contribution in [0.4, 0.5) is 4.39 Å². The van der Waals surface area contributed by atoms with Gasteiger partial charge in [-0.05, 0) is 51.8 Å². The number of halogens is 1. The van der Waals surface area contributed by atoms with E-state index in [4.69, 9.17) is 0 Å². The highest BCUT2D eigenvalue weighted by Gasteiger charge is 2.38. The van der Waals surface area contributed by atoms with E-state index in [1.807, 2.05) is 20.8 Å². The maximum absolute atomic E-state index is 13.1. The molecule has 2 amide bonds. The minimum absolute atomic E-state index is 0.00188. The molecule has 1 fully saturated rings. The van der Waals surface area contributed by atoms with Gasteiger partial charge in [-0.25, -0.2) is 9.40 Å². The molecule has 1 aliphatic carbocycles. The number of rotatable bonds is 2. The lowest BCUT2D eigenvalue weighted by atomic mass is 10.1. The van der Waals surface area contributed by atoms with E-state index < -0.39 is 17.3 Å². The molecule has 0 heterocycles. The molecule has 1 aromatic rings. The molecule has 0 aromatic heterocycles. The summed E-state index contributed by atoms with van der Waals surface area (Å²) in [5.41, 5.74) is 2.27. The molecule has 0 atom stereocenters. The van der Waals surface area contributed by atoms with E-state index in [1.165, 1.54) is 23.2 Å². The van der Waals surface area contributed by atoms with E-state index in [9.17, 15) is 14.0 Å². The van der Waals surface area contributed by atoms with Crippen LogP contribution in [0.25, 0.3) is 0 Å². The molecule has 0 radical (unpaired) electrons. The highest BCUT2D eigenvalue weighted by Crippen LogP contribution is 2.32. The predicted octanol–water partition coefficient (Wildman–Crippen LogP) is 2.51. The number of nitrogens with one attached hydrogen (secondary N) is 1. The largest absolute Gasteiger partial charge is 0.273 e. The SMILES string of the molecule is CC(C)(C)N(NC(=O)c1cccc(F)c1)C(=O)C1CC1. The van der Waals surface area contributed by atoms with Crippen LogP contribution in [0.5, 0.6) is 0 Å². The lowest BCUT2D eigenvalue weighted by Gasteiger charge is -2.35. The second kappa shape index (κ2) is 5.23. The molecule has 1 aliphatic rings. The summed E-state index contributed by atoms with van der Waals surface area (Å²) in [5.74, 6) is -1.04. The van der Waals surface area contributed by atoms with Crippen molar-refractivity contribution in [3.05, 3.63) is 35.6 Å². The summed E-state index contributed by atoms with van der Waals surface area (Å²) in [6.45, 7) is 5.54. The monoisotopic (exact) mass is 278 g/mol. The fourth-order valence-corrected chi connectivity index (χ4v) is 1.86. The number of carbonyl (C=O) groups excluding carboxylic acids is 2. The van der Waals surface area contributed by atoms with Crippen LogP contribution in [-0.2, 0) is 4.79 Å². The van der Waals surface area contributed by atoms with Gasteiger partial charge >= 0.3 is 0 Å². The Kier molecular flexibility index (Phi) is 3.79. The average Bonchev–Trinajstić information content (AvgIpc) is 3.17. The molecular formula is C15H19FN2O2. The maximum Gasteiger partial charge on any atom is 0.269 e. The molecule has 1 aromatic carbocycles. The highest BCUT2D eigenvalue weighted by molar-refractivity contribution is 5.95. The number of benzene rings is 1. The molecule has 5 heteroatoms. The topological polar surface area (TPSA) is 49.4 Å². The molecular weight excluding hydrogens is 259 g/mol. The number of hydrogen-bond acceptors (Lipinski definition) is 2. The Morgan fingerprint density at radius 2 is 1.95 bits per heavy atom. The molecule has 0 spiro atoms. The third-order valence-corrected chi connectivity index (χ3v) is 3.12. The van der Waals surface area contributed by atoms with Gasteiger partial charge in [-0.1, -0.05) is 6.07 Å². The summed E-state index contributed by atoms with van der Waals surface area (Å²) in [6.07, 6.45) is 1.72. The molecule has 0 saturated heterocycles. The van der Waals surface area contributed by atoms with Crippen molar-refractivity contribution in [3.63, 3.8) is 0 Å². The summed E-state index contributed by atoms with van der Waals surface area (Å²) in [5, 5.41) is 1.36. The third-order valence-electron chi connectivity index (χ3n) is 3.12. The van der Waals surface area contributed by atoms with E-state index >= 15 is 0 Å². The summed E-state index contributed by atoms with van der Waals surface area (Å²) in [6, 6.07) is 5.40. The second-order valence-electron chi connectivity index (χ2n) is 6.07. The Balaban J connectivity index is 2.15. The average molecular weight is 278 g/mol. The van der Waals surface area contributed by atoms with Gasteiger partial charge in [-0.3, -0.25) is 15.0 Å². The van der Waals surface area contributed by atoms with Crippen molar-refractivity contribution in [1.29, 1.82) is 0 Å². The Bertz CT molecular complexity index is 533. The lowest BCUT2D eigenvalue weighted by Crippen LogP contribution is -2.56. The zero-order valence-electron chi connectivity index (χ0n) is 11.9. The van der Waals surface area contributed by atoms with E-state index in [0.29, 0.717) is 0 Å². The van der Waals surface area contributed by atoms with Gasteiger partial charge in [0.1, 0.15) is 5.82 Å². The summed E-state index contributed by atoms with van der Waals surface area (Å²) >= 11 is 0. The summed E-state index contributed by atoms with van der Waals surface area (Å²) < 4.78 is 13.1. The summed E-state index contributed by atoms with van der Waals surface area (Å²) in [4.78, 5) is 24.4. The Hall–Kier alpha value is -1.91. The van der Waals surface area contributed by atoms with Crippen molar-refractivity contribution in [2.75, 3.05) is 0 Å². The van der Waals surface area contributed by atoms with Gasteiger partial charge in [0.2, 0.25) is 5.91 Å². The van der Waals surface area contributed by atoms with Crippen molar-refractivity contribution >= 4 is 11.8 Å². The smallest absolute Gasteiger partial charge is 0.269 e. The molecule has 2 rings (SSSR count). The van der Waals surface area contributed by atoms with Crippen LogP contribution in [0.1, 0.15) is 44.0 Å². The molecule has 1 saturated carbocycles. The van der Waals surface area contributed by atoms with Gasteiger partial charge in [-0.2, -0.15) is 0 Å². The van der Waals surface area contributed by atoms with E-state index in [1.54, 1.807) is 0 Å². The first-order chi connectivity index (χ1) is 9.29. The highest BCUT2D eigenvalue weighted by atomic mass is 19.1. The van der Waals surface area contributed by atoms with Crippen molar-refractivity contribution in [2.45, 2.75) is 39.2 Å². The Morgan fingerprint density at radius 3 is 2.45 bits per heavy atom. The van der Waals surface area contributed by atoms with E-state index in [-0.39, 0.29) is 17.4 Å². The quantitative estimate of drug-likeness (QED) is 0.845. The number of nitrogens with zero attached hydrogens (tertiary/aromatic N) is 1. The number of hydrazine groups is 1. The zero-order chi connectivity index (χ0) is 14.9. The molecule has 1 N–H and O–H groups in total. The second-order valence-corrected chi connectivity index (χ2v) is 6.07. The van der Waals surface area contributed by atoms with Crippen molar-refractivity contribution in [2.24, 2.45) is 5.92 Å². The number of carbonyl (C=O) groups is 2. The third kappa shape index (κ3) is 3.35. The van der Waals surface area contributed by atoms with Crippen LogP contribution in [0.2, 0.25) is 0 Å². The van der Waals surface area contributed by atoms with Gasteiger partial charge in [0.15, 0.2) is 0 Å². The first kappa shape index (κ1) is 14.5. The van der Waals surface area contributed by atoms with Crippen molar-refractivity contribution in [1.82, 2.24) is 10.4 Å². The first-order valence-electron chi connectivity index (χ1n) is 6.69. The van der Waals surface area contributed by atoms with Crippen LogP contribution < -0.4 is 5.43 Å². The van der Waals surface area contributed by atoms with Crippen LogP contribution >= 0.6 is 0 Å². The van der Waals surface area contributed by atoms with Crippen LogP contribution in [0, 0.1) is 11.7 Å². The fourth-order valence-electron chi connectivity index (χ4n) is 1.86. The standard InChI is InChI=1S/C15H19FN2O2/c1-15(2,3)18(14(20)10-7-8-10)17-13(19)11-5-4-6-12(16)9-11/h4-6,9-10H,7-8H2,1-3H3,(H,17,19). The zero-order valence-corrected chi connectivity index (χ0v) is 11.9. The normalized spacial score (nSPS) is 14.8. The van der Waals surface area contributed by atoms with Gasteiger partial charge in [0, 0.05) is 11.5 Å². The Labute approximate surface area is 117 Å². The Morgan fingerprint density at radius 1 is 1.30 bits per heavy atom. The maximum atomic E-state index is 13.1. The summed E-state index contributed by atoms with van der Waals surface area (Å²) in [7, 11) is 0. The minimum Gasteiger partial charge on any atom is -0.273 e. The number of amides is 2. The molecule has 0 aliphatic heterocycles. The molecule has 20 heavy (non-hydrogen) atoms. The number of hydrogen-bond donors (Lipinski definition) is 1. The molecule has 0 bridgehead atoms. The first-order valence-corrected chi connectivity index (χ1v) is 6.69. The van der Waals surface area contributed by atoms with Gasteiger partial charge < -0.3 is 0 Å². The van der Waals surface area contributed by atoms with E-state index in [2.05, 4.69) is 5.43 Å². The van der Waals surface area contributed by atoms with Crippen LogP contribution in [0.3, 0.4) is 0 Å². The van der Waals surface area contributed by atoms with E-state index in [0.717, 1.165) is 18.9 Å². The van der Waals surface area contributed by atoms with Gasteiger partial charge in [-0.15, -0.1) is 0 Å². The van der Waals surface area contributed by atoms with Gasteiger partial charge in [0.25, 0.3) is 5.91 Å².